The average Bonchev–Trinajstić information content (AvgIpc) is 2.99. The molecule has 1 aromatic carbocycles. The molecule has 31 heavy (non-hydrogen) atoms. The monoisotopic (exact) mass is 425 g/mol. The molecule has 6 nitrogen and oxygen atoms in total. The summed E-state index contributed by atoms with van der Waals surface area (Å²) in [4.78, 5) is 27.9. The van der Waals surface area contributed by atoms with Gasteiger partial charge in [0.05, 0.1) is 17.9 Å². The molecule has 0 radical (unpaired) electrons. The van der Waals surface area contributed by atoms with Crippen LogP contribution in [0.5, 0.6) is 0 Å². The van der Waals surface area contributed by atoms with Crippen LogP contribution >= 0.6 is 0 Å². The van der Waals surface area contributed by atoms with Crippen molar-refractivity contribution in [1.82, 2.24) is 14.8 Å². The first kappa shape index (κ1) is 23.1. The van der Waals surface area contributed by atoms with Crippen molar-refractivity contribution in [1.29, 1.82) is 0 Å². The van der Waals surface area contributed by atoms with Gasteiger partial charge >= 0.3 is 5.97 Å². The second kappa shape index (κ2) is 10.6. The van der Waals surface area contributed by atoms with Gasteiger partial charge in [-0.1, -0.05) is 36.8 Å². The molecule has 1 aliphatic rings. The maximum atomic E-state index is 12.8. The van der Waals surface area contributed by atoms with Gasteiger partial charge in [0.2, 0.25) is 5.91 Å². The molecule has 0 aliphatic carbocycles. The van der Waals surface area contributed by atoms with Crippen molar-refractivity contribution in [2.75, 3.05) is 26.2 Å². The Labute approximate surface area is 185 Å². The van der Waals surface area contributed by atoms with E-state index in [1.54, 1.807) is 6.92 Å². The van der Waals surface area contributed by atoms with Gasteiger partial charge in [-0.25, -0.2) is 4.79 Å². The lowest BCUT2D eigenvalue weighted by atomic mass is 10.0. The molecular weight excluding hydrogens is 390 g/mol. The molecule has 0 bridgehead atoms. The molecule has 2 heterocycles. The van der Waals surface area contributed by atoms with Crippen LogP contribution in [0.4, 0.5) is 0 Å². The van der Waals surface area contributed by atoms with E-state index in [9.17, 15) is 9.59 Å². The third-order valence-corrected chi connectivity index (χ3v) is 6.26. The van der Waals surface area contributed by atoms with E-state index < -0.39 is 0 Å². The average molecular weight is 426 g/mol. The van der Waals surface area contributed by atoms with Gasteiger partial charge in [0.15, 0.2) is 0 Å². The summed E-state index contributed by atoms with van der Waals surface area (Å²) in [5.74, 6) is -0.386. The molecule has 1 saturated heterocycles. The fourth-order valence-electron chi connectivity index (χ4n) is 4.59. The molecule has 2 aromatic rings. The van der Waals surface area contributed by atoms with Crippen molar-refractivity contribution in [3.05, 3.63) is 47.2 Å². The molecule has 1 N–H and O–H groups in total. The van der Waals surface area contributed by atoms with Crippen molar-refractivity contribution in [2.45, 2.75) is 59.5 Å². The zero-order valence-corrected chi connectivity index (χ0v) is 19.2. The summed E-state index contributed by atoms with van der Waals surface area (Å²) in [6, 6.07) is 10.5. The van der Waals surface area contributed by atoms with Crippen molar-refractivity contribution in [2.24, 2.45) is 0 Å². The number of nitrogens with zero attached hydrogens (tertiary/aromatic N) is 2. The third-order valence-electron chi connectivity index (χ3n) is 6.26. The van der Waals surface area contributed by atoms with Crippen LogP contribution in [0.15, 0.2) is 30.3 Å². The van der Waals surface area contributed by atoms with E-state index in [0.29, 0.717) is 24.8 Å². The summed E-state index contributed by atoms with van der Waals surface area (Å²) in [6.45, 7) is 11.0. The molecule has 1 fully saturated rings. The highest BCUT2D eigenvalue weighted by molar-refractivity contribution is 5.95. The Hall–Kier alpha value is -2.60. The fourth-order valence-corrected chi connectivity index (χ4v) is 4.59. The molecule has 3 rings (SSSR count). The van der Waals surface area contributed by atoms with Crippen molar-refractivity contribution >= 4 is 11.9 Å². The Kier molecular flexibility index (Phi) is 7.91. The molecule has 168 valence electrons. The first-order valence-corrected chi connectivity index (χ1v) is 11.4. The van der Waals surface area contributed by atoms with Gasteiger partial charge in [-0.2, -0.15) is 0 Å². The predicted octanol–water partition coefficient (Wildman–Crippen LogP) is 3.94. The van der Waals surface area contributed by atoms with E-state index in [1.165, 1.54) is 19.3 Å². The van der Waals surface area contributed by atoms with Crippen molar-refractivity contribution in [3.8, 4) is 11.3 Å². The van der Waals surface area contributed by atoms with Crippen molar-refractivity contribution in [3.63, 3.8) is 0 Å². The van der Waals surface area contributed by atoms with E-state index in [1.807, 2.05) is 48.7 Å². The number of rotatable bonds is 8. The van der Waals surface area contributed by atoms with Crippen LogP contribution in [-0.4, -0.2) is 53.6 Å². The number of hydrogen-bond donors (Lipinski definition) is 1. The summed E-state index contributed by atoms with van der Waals surface area (Å²) in [7, 11) is 0. The normalized spacial score (nSPS) is 16.8. The lowest BCUT2D eigenvalue weighted by Crippen LogP contribution is -2.43. The summed E-state index contributed by atoms with van der Waals surface area (Å²) >= 11 is 0. The molecule has 1 atom stereocenters. The second-order valence-electron chi connectivity index (χ2n) is 8.34. The van der Waals surface area contributed by atoms with Crippen LogP contribution in [0.2, 0.25) is 0 Å². The number of likely N-dealkylation sites (tertiary alicyclic amines) is 1. The molecule has 1 aromatic heterocycles. The highest BCUT2D eigenvalue weighted by Gasteiger charge is 2.25. The minimum absolute atomic E-state index is 0.0460. The van der Waals surface area contributed by atoms with Crippen LogP contribution in [0.25, 0.3) is 11.3 Å². The molecule has 0 unspecified atom stereocenters. The zero-order chi connectivity index (χ0) is 22.4. The maximum Gasteiger partial charge on any atom is 0.340 e. The summed E-state index contributed by atoms with van der Waals surface area (Å²) < 4.78 is 7.22. The number of carbonyl (C=O) groups is 2. The van der Waals surface area contributed by atoms with E-state index in [4.69, 9.17) is 4.74 Å². The van der Waals surface area contributed by atoms with Gasteiger partial charge in [0.1, 0.15) is 6.54 Å². The largest absolute Gasteiger partial charge is 0.462 e. The van der Waals surface area contributed by atoms with Crippen LogP contribution in [-0.2, 0) is 16.1 Å². The van der Waals surface area contributed by atoms with Gasteiger partial charge in [0.25, 0.3) is 0 Å². The fraction of sp³-hybridized carbons (Fsp3) is 0.520. The Balaban J connectivity index is 1.78. The number of ether oxygens (including phenoxy) is 1. The highest BCUT2D eigenvalue weighted by atomic mass is 16.5. The maximum absolute atomic E-state index is 12.8. The number of carbonyl (C=O) groups excluding carboxylic acids is 2. The molecular formula is C25H35N3O3. The standard InChI is InChI=1S/C25H35N3O3/c1-5-31-25(30)23-19(3)24(21-12-7-6-8-13-21)28(20(23)4)17-22(29)26-14-16-27-15-10-9-11-18(27)2/h6-8,12-13,18H,5,9-11,14-17H2,1-4H3,(H,26,29)/t18-/m0/s1. The molecule has 6 heteroatoms. The Bertz CT molecular complexity index is 904. The zero-order valence-electron chi connectivity index (χ0n) is 19.2. The van der Waals surface area contributed by atoms with Crippen LogP contribution in [0.1, 0.15) is 54.7 Å². The van der Waals surface area contributed by atoms with Crippen LogP contribution < -0.4 is 5.32 Å². The van der Waals surface area contributed by atoms with Gasteiger partial charge in [0, 0.05) is 24.8 Å². The summed E-state index contributed by atoms with van der Waals surface area (Å²) in [5, 5.41) is 3.07. The number of hydrogen-bond acceptors (Lipinski definition) is 4. The van der Waals surface area contributed by atoms with Gasteiger partial charge in [-0.05, 0) is 58.2 Å². The number of nitrogens with one attached hydrogen (secondary N) is 1. The second-order valence-corrected chi connectivity index (χ2v) is 8.34. The van der Waals surface area contributed by atoms with Crippen LogP contribution in [0, 0.1) is 13.8 Å². The Morgan fingerprint density at radius 1 is 1.16 bits per heavy atom. The lowest BCUT2D eigenvalue weighted by Gasteiger charge is -2.33. The molecule has 0 spiro atoms. The topological polar surface area (TPSA) is 63.6 Å². The van der Waals surface area contributed by atoms with Gasteiger partial charge in [-0.15, -0.1) is 0 Å². The molecule has 1 amide bonds. The number of aromatic nitrogens is 1. The highest BCUT2D eigenvalue weighted by Crippen LogP contribution is 2.31. The quantitative estimate of drug-likeness (QED) is 0.651. The number of benzene rings is 1. The van der Waals surface area contributed by atoms with E-state index in [2.05, 4.69) is 17.1 Å². The Morgan fingerprint density at radius 2 is 1.90 bits per heavy atom. The van der Waals surface area contributed by atoms with E-state index in [-0.39, 0.29) is 18.4 Å². The molecule has 0 saturated carbocycles. The lowest BCUT2D eigenvalue weighted by molar-refractivity contribution is -0.121. The van der Waals surface area contributed by atoms with Gasteiger partial charge < -0.3 is 14.6 Å². The minimum atomic E-state index is -0.340. The van der Waals surface area contributed by atoms with Gasteiger partial charge in [-0.3, -0.25) is 9.69 Å². The third kappa shape index (κ3) is 5.37. The van der Waals surface area contributed by atoms with Crippen molar-refractivity contribution < 1.29 is 14.3 Å². The number of piperidine rings is 1. The first-order chi connectivity index (χ1) is 14.9. The number of amides is 1. The minimum Gasteiger partial charge on any atom is -0.462 e. The smallest absolute Gasteiger partial charge is 0.340 e. The predicted molar refractivity (Wildman–Crippen MR) is 123 cm³/mol. The Morgan fingerprint density at radius 3 is 2.58 bits per heavy atom. The van der Waals surface area contributed by atoms with Crippen LogP contribution in [0.3, 0.4) is 0 Å². The van der Waals surface area contributed by atoms with E-state index >= 15 is 0 Å². The summed E-state index contributed by atoms with van der Waals surface area (Å²) in [6.07, 6.45) is 3.76. The SMILES string of the molecule is CCOC(=O)c1c(C)c(-c2ccccc2)n(CC(=O)NCCN2CCCC[C@@H]2C)c1C. The molecule has 1 aliphatic heterocycles. The summed E-state index contributed by atoms with van der Waals surface area (Å²) in [5.41, 5.74) is 4.02. The number of esters is 1. The van der Waals surface area contributed by atoms with E-state index in [0.717, 1.165) is 35.6 Å². The first-order valence-electron chi connectivity index (χ1n) is 11.4.